The van der Waals surface area contributed by atoms with E-state index < -0.39 is 23.6 Å². The number of nitrogens with zero attached hydrogens (tertiary/aromatic N) is 2. The molecule has 1 saturated carbocycles. The summed E-state index contributed by atoms with van der Waals surface area (Å²) in [6.45, 7) is -0.0456. The molecule has 0 atom stereocenters. The molecule has 0 radical (unpaired) electrons. The maximum atomic E-state index is 14.0. The molecule has 25 heavy (non-hydrogen) atoms. The summed E-state index contributed by atoms with van der Waals surface area (Å²) in [7, 11) is 0. The summed E-state index contributed by atoms with van der Waals surface area (Å²) >= 11 is 6.01. The Hall–Kier alpha value is -2.15. The lowest BCUT2D eigenvalue weighted by Crippen LogP contribution is -2.33. The number of carbonyl (C=O) groups excluding carboxylic acids is 1. The Morgan fingerprint density at radius 1 is 1.24 bits per heavy atom. The summed E-state index contributed by atoms with van der Waals surface area (Å²) < 4.78 is 51.7. The number of pyridine rings is 1. The highest BCUT2D eigenvalue weighted by atomic mass is 35.5. The first kappa shape index (κ1) is 17.7. The van der Waals surface area contributed by atoms with Crippen molar-refractivity contribution in [1.82, 2.24) is 9.88 Å². The summed E-state index contributed by atoms with van der Waals surface area (Å²) in [5.74, 6) is -1.03. The summed E-state index contributed by atoms with van der Waals surface area (Å²) in [6, 6.07) is 5.99. The molecule has 2 aromatic rings. The van der Waals surface area contributed by atoms with Crippen LogP contribution < -0.4 is 0 Å². The van der Waals surface area contributed by atoms with Crippen molar-refractivity contribution in [3.8, 4) is 0 Å². The highest BCUT2D eigenvalue weighted by molar-refractivity contribution is 6.31. The van der Waals surface area contributed by atoms with E-state index in [-0.39, 0.29) is 28.7 Å². The number of alkyl halides is 3. The van der Waals surface area contributed by atoms with E-state index in [0.717, 1.165) is 31.2 Å². The number of benzene rings is 1. The summed E-state index contributed by atoms with van der Waals surface area (Å²) in [4.78, 5) is 17.4. The van der Waals surface area contributed by atoms with Gasteiger partial charge in [0.1, 0.15) is 11.5 Å². The molecule has 1 aromatic carbocycles. The first-order valence-electron chi connectivity index (χ1n) is 7.54. The Balaban J connectivity index is 1.85. The Bertz CT molecular complexity index is 768. The van der Waals surface area contributed by atoms with E-state index in [2.05, 4.69) is 4.98 Å². The molecule has 0 spiro atoms. The molecule has 1 heterocycles. The molecule has 0 saturated heterocycles. The van der Waals surface area contributed by atoms with Gasteiger partial charge in [-0.1, -0.05) is 17.7 Å². The average molecular weight is 373 g/mol. The topological polar surface area (TPSA) is 33.2 Å². The van der Waals surface area contributed by atoms with E-state index in [1.54, 1.807) is 0 Å². The minimum Gasteiger partial charge on any atom is -0.331 e. The molecule has 0 N–H and O–H groups in total. The number of rotatable bonds is 4. The molecule has 0 aliphatic heterocycles. The SMILES string of the molecule is O=C(c1ccc(C(F)(F)F)nc1)N(Cc1c(F)cccc1Cl)C1CC1. The Morgan fingerprint density at radius 2 is 1.96 bits per heavy atom. The van der Waals surface area contributed by atoms with Gasteiger partial charge >= 0.3 is 6.18 Å². The molecule has 0 bridgehead atoms. The van der Waals surface area contributed by atoms with Gasteiger partial charge in [0.15, 0.2) is 0 Å². The van der Waals surface area contributed by atoms with E-state index >= 15 is 0 Å². The lowest BCUT2D eigenvalue weighted by atomic mass is 10.1. The van der Waals surface area contributed by atoms with Crippen molar-refractivity contribution in [2.45, 2.75) is 31.6 Å². The lowest BCUT2D eigenvalue weighted by Gasteiger charge is -2.23. The summed E-state index contributed by atoms with van der Waals surface area (Å²) in [6.07, 6.45) is -2.17. The first-order valence-corrected chi connectivity index (χ1v) is 7.92. The Labute approximate surface area is 146 Å². The summed E-state index contributed by atoms with van der Waals surface area (Å²) in [5.41, 5.74) is -0.865. The normalized spacial score (nSPS) is 14.4. The van der Waals surface area contributed by atoms with Crippen LogP contribution in [0.1, 0.15) is 34.5 Å². The van der Waals surface area contributed by atoms with Gasteiger partial charge in [-0.2, -0.15) is 13.2 Å². The van der Waals surface area contributed by atoms with Crippen molar-refractivity contribution >= 4 is 17.5 Å². The van der Waals surface area contributed by atoms with Crippen LogP contribution in [0.4, 0.5) is 17.6 Å². The monoisotopic (exact) mass is 372 g/mol. The zero-order chi connectivity index (χ0) is 18.2. The maximum Gasteiger partial charge on any atom is 0.433 e. The van der Waals surface area contributed by atoms with E-state index in [9.17, 15) is 22.4 Å². The maximum absolute atomic E-state index is 14.0. The second-order valence-corrected chi connectivity index (χ2v) is 6.20. The van der Waals surface area contributed by atoms with Gasteiger partial charge in [-0.3, -0.25) is 9.78 Å². The zero-order valence-electron chi connectivity index (χ0n) is 12.9. The largest absolute Gasteiger partial charge is 0.433 e. The second-order valence-electron chi connectivity index (χ2n) is 5.79. The number of carbonyl (C=O) groups is 1. The molecule has 1 aromatic heterocycles. The van der Waals surface area contributed by atoms with Crippen LogP contribution in [-0.2, 0) is 12.7 Å². The zero-order valence-corrected chi connectivity index (χ0v) is 13.6. The van der Waals surface area contributed by atoms with Gasteiger partial charge in [0.2, 0.25) is 0 Å². The minimum atomic E-state index is -4.57. The fourth-order valence-electron chi connectivity index (χ4n) is 2.46. The Morgan fingerprint density at radius 3 is 2.48 bits per heavy atom. The number of amides is 1. The van der Waals surface area contributed by atoms with Crippen molar-refractivity contribution in [3.05, 3.63) is 64.2 Å². The third-order valence-electron chi connectivity index (χ3n) is 3.94. The Kier molecular flexibility index (Phi) is 4.69. The average Bonchev–Trinajstić information content (AvgIpc) is 3.38. The van der Waals surface area contributed by atoms with Crippen LogP contribution in [-0.4, -0.2) is 21.8 Å². The van der Waals surface area contributed by atoms with Crippen LogP contribution in [0.15, 0.2) is 36.5 Å². The van der Waals surface area contributed by atoms with Crippen LogP contribution in [0.3, 0.4) is 0 Å². The third kappa shape index (κ3) is 3.92. The predicted octanol–water partition coefficient (Wildman–Crippen LogP) is 4.70. The highest BCUT2D eigenvalue weighted by Gasteiger charge is 2.35. The van der Waals surface area contributed by atoms with Gasteiger partial charge in [-0.15, -0.1) is 0 Å². The van der Waals surface area contributed by atoms with Crippen LogP contribution in [0.2, 0.25) is 5.02 Å². The molecule has 1 fully saturated rings. The van der Waals surface area contributed by atoms with Crippen molar-refractivity contribution in [2.75, 3.05) is 0 Å². The summed E-state index contributed by atoms with van der Waals surface area (Å²) in [5, 5.41) is 0.198. The van der Waals surface area contributed by atoms with Gasteiger partial charge in [0.05, 0.1) is 12.1 Å². The molecule has 1 amide bonds. The third-order valence-corrected chi connectivity index (χ3v) is 4.29. The molecule has 0 unspecified atom stereocenters. The number of halogens is 5. The minimum absolute atomic E-state index is 0.0207. The standard InChI is InChI=1S/C17H13ClF4N2O/c18-13-2-1-3-14(19)12(13)9-24(11-5-6-11)16(25)10-4-7-15(23-8-10)17(20,21)22/h1-4,7-8,11H,5-6,9H2. The number of aromatic nitrogens is 1. The fourth-order valence-corrected chi connectivity index (χ4v) is 2.68. The van der Waals surface area contributed by atoms with Gasteiger partial charge < -0.3 is 4.90 Å². The van der Waals surface area contributed by atoms with Gasteiger partial charge in [0, 0.05) is 22.8 Å². The molecule has 1 aliphatic carbocycles. The van der Waals surface area contributed by atoms with Crippen LogP contribution in [0, 0.1) is 5.82 Å². The molecule has 3 nitrogen and oxygen atoms in total. The van der Waals surface area contributed by atoms with Crippen LogP contribution >= 0.6 is 11.6 Å². The van der Waals surface area contributed by atoms with E-state index in [1.807, 2.05) is 0 Å². The molecule has 132 valence electrons. The molecular weight excluding hydrogens is 360 g/mol. The highest BCUT2D eigenvalue weighted by Crippen LogP contribution is 2.32. The molecule has 3 rings (SSSR count). The first-order chi connectivity index (χ1) is 11.8. The molecule has 8 heteroatoms. The second kappa shape index (κ2) is 6.63. The molecular formula is C17H13ClF4N2O. The van der Waals surface area contributed by atoms with Crippen LogP contribution in [0.5, 0.6) is 0 Å². The molecule has 1 aliphatic rings. The smallest absolute Gasteiger partial charge is 0.331 e. The van der Waals surface area contributed by atoms with Gasteiger partial charge in [0.25, 0.3) is 5.91 Å². The van der Waals surface area contributed by atoms with Gasteiger partial charge in [-0.25, -0.2) is 4.39 Å². The number of hydrogen-bond acceptors (Lipinski definition) is 2. The van der Waals surface area contributed by atoms with Gasteiger partial charge in [-0.05, 0) is 37.1 Å². The van der Waals surface area contributed by atoms with Crippen molar-refractivity contribution < 1.29 is 22.4 Å². The van der Waals surface area contributed by atoms with Crippen LogP contribution in [0.25, 0.3) is 0 Å². The van der Waals surface area contributed by atoms with E-state index in [4.69, 9.17) is 11.6 Å². The van der Waals surface area contributed by atoms with Crippen molar-refractivity contribution in [1.29, 1.82) is 0 Å². The van der Waals surface area contributed by atoms with Crippen molar-refractivity contribution in [2.24, 2.45) is 0 Å². The lowest BCUT2D eigenvalue weighted by molar-refractivity contribution is -0.141. The quantitative estimate of drug-likeness (QED) is 0.729. The van der Waals surface area contributed by atoms with E-state index in [1.165, 1.54) is 23.1 Å². The van der Waals surface area contributed by atoms with Crippen molar-refractivity contribution in [3.63, 3.8) is 0 Å². The predicted molar refractivity (Wildman–Crippen MR) is 83.5 cm³/mol. The van der Waals surface area contributed by atoms with E-state index in [0.29, 0.717) is 0 Å². The fraction of sp³-hybridized carbons (Fsp3) is 0.294. The number of hydrogen-bond donors (Lipinski definition) is 0.